The smallest absolute Gasteiger partial charge is 0.239 e. The summed E-state index contributed by atoms with van der Waals surface area (Å²) in [5.41, 5.74) is 12.5. The lowest BCUT2D eigenvalue weighted by Crippen LogP contribution is -2.44. The zero-order valence-electron chi connectivity index (χ0n) is 19.3. The van der Waals surface area contributed by atoms with Crippen LogP contribution in [0.3, 0.4) is 0 Å². The van der Waals surface area contributed by atoms with Gasteiger partial charge in [-0.1, -0.05) is 12.1 Å². The molecule has 11 nitrogen and oxygen atoms in total. The monoisotopic (exact) mass is 493 g/mol. The average molecular weight is 494 g/mol. The van der Waals surface area contributed by atoms with Crippen molar-refractivity contribution >= 4 is 35.0 Å². The predicted octanol–water partition coefficient (Wildman–Crippen LogP) is 1.75. The van der Waals surface area contributed by atoms with Gasteiger partial charge in [0.25, 0.3) is 0 Å². The topological polar surface area (TPSA) is 159 Å². The summed E-state index contributed by atoms with van der Waals surface area (Å²) in [5, 5.41) is 11.4. The van der Waals surface area contributed by atoms with E-state index in [-0.39, 0.29) is 18.3 Å². The van der Waals surface area contributed by atoms with Crippen LogP contribution in [-0.2, 0) is 4.79 Å². The van der Waals surface area contributed by atoms with Crippen molar-refractivity contribution in [3.8, 4) is 11.5 Å². The molecular formula is C23H27N9O2S. The molecule has 0 atom stereocenters. The first-order chi connectivity index (χ1) is 16.9. The number of carbonyl (C=O) groups is 1. The number of nitrogens with two attached hydrogens (primary N) is 2. The van der Waals surface area contributed by atoms with Crippen LogP contribution in [0.4, 0.5) is 11.5 Å². The molecule has 1 aliphatic rings. The highest BCUT2D eigenvalue weighted by atomic mass is 32.2. The number of rotatable bonds is 8. The zero-order chi connectivity index (χ0) is 24.8. The molecule has 0 saturated carbocycles. The molecule has 6 N–H and O–H groups in total. The molecule has 1 amide bonds. The Labute approximate surface area is 207 Å². The first-order valence-electron chi connectivity index (χ1n) is 11.0. The lowest BCUT2D eigenvalue weighted by atomic mass is 10.2. The molecule has 0 bridgehead atoms. The SMILES string of the molecule is CN1CCN(c2cnc(Sc3nccc(NC(=O)CN)n3)cc2Oc2cccc(C(=N)N)c2)CC1. The number of hydrogen-bond donors (Lipinski definition) is 4. The maximum atomic E-state index is 11.6. The first-order valence-corrected chi connectivity index (χ1v) is 11.8. The first kappa shape index (κ1) is 24.4. The number of amides is 1. The Hall–Kier alpha value is -3.74. The van der Waals surface area contributed by atoms with Crippen molar-refractivity contribution in [2.24, 2.45) is 11.5 Å². The molecule has 12 heteroatoms. The molecule has 1 aliphatic heterocycles. The van der Waals surface area contributed by atoms with Gasteiger partial charge in [-0.2, -0.15) is 0 Å². The third-order valence-corrected chi connectivity index (χ3v) is 6.13. The molecular weight excluding hydrogens is 466 g/mol. The van der Waals surface area contributed by atoms with E-state index in [0.29, 0.717) is 33.1 Å². The summed E-state index contributed by atoms with van der Waals surface area (Å²) in [6.07, 6.45) is 3.35. The van der Waals surface area contributed by atoms with Crippen LogP contribution < -0.4 is 26.4 Å². The molecule has 0 radical (unpaired) electrons. The Morgan fingerprint density at radius 1 is 1.20 bits per heavy atom. The number of pyridine rings is 1. The second-order valence-electron chi connectivity index (χ2n) is 7.90. The molecule has 182 valence electrons. The molecule has 4 rings (SSSR count). The summed E-state index contributed by atoms with van der Waals surface area (Å²) in [6, 6.07) is 10.5. The van der Waals surface area contributed by atoms with Crippen LogP contribution in [0.25, 0.3) is 0 Å². The molecule has 0 spiro atoms. The van der Waals surface area contributed by atoms with Crippen LogP contribution in [-0.4, -0.2) is 71.4 Å². The number of likely N-dealkylation sites (N-methyl/N-ethyl adjacent to an activating group) is 1. The third-order valence-electron chi connectivity index (χ3n) is 5.32. The Bertz CT molecular complexity index is 1220. The number of piperazine rings is 1. The van der Waals surface area contributed by atoms with E-state index in [4.69, 9.17) is 21.6 Å². The Kier molecular flexibility index (Phi) is 7.75. The fourth-order valence-electron chi connectivity index (χ4n) is 3.44. The third kappa shape index (κ3) is 6.44. The number of nitrogen functional groups attached to an aromatic ring is 1. The number of hydrogen-bond acceptors (Lipinski definition) is 10. The van der Waals surface area contributed by atoms with Gasteiger partial charge in [-0.05, 0) is 37.0 Å². The van der Waals surface area contributed by atoms with Crippen molar-refractivity contribution in [2.75, 3.05) is 50.0 Å². The van der Waals surface area contributed by atoms with E-state index in [1.807, 2.05) is 12.1 Å². The van der Waals surface area contributed by atoms with Gasteiger partial charge in [0.1, 0.15) is 22.4 Å². The maximum absolute atomic E-state index is 11.6. The van der Waals surface area contributed by atoms with Gasteiger partial charge in [-0.25, -0.2) is 15.0 Å². The number of anilines is 2. The van der Waals surface area contributed by atoms with Gasteiger partial charge in [0.2, 0.25) is 5.91 Å². The van der Waals surface area contributed by atoms with E-state index in [0.717, 1.165) is 31.9 Å². The van der Waals surface area contributed by atoms with Crippen molar-refractivity contribution in [3.05, 3.63) is 54.4 Å². The molecule has 0 aliphatic carbocycles. The summed E-state index contributed by atoms with van der Waals surface area (Å²) in [7, 11) is 2.10. The minimum absolute atomic E-state index is 0.0283. The second-order valence-corrected chi connectivity index (χ2v) is 8.89. The summed E-state index contributed by atoms with van der Waals surface area (Å²) in [6.45, 7) is 3.43. The van der Waals surface area contributed by atoms with Crippen molar-refractivity contribution in [1.82, 2.24) is 19.9 Å². The van der Waals surface area contributed by atoms with E-state index in [1.165, 1.54) is 11.8 Å². The number of nitrogens with zero attached hydrogens (tertiary/aromatic N) is 5. The quantitative estimate of drug-likeness (QED) is 0.207. The summed E-state index contributed by atoms with van der Waals surface area (Å²) >= 11 is 1.25. The Morgan fingerprint density at radius 3 is 2.74 bits per heavy atom. The van der Waals surface area contributed by atoms with Crippen molar-refractivity contribution in [3.63, 3.8) is 0 Å². The van der Waals surface area contributed by atoms with Gasteiger partial charge in [0, 0.05) is 44.0 Å². The van der Waals surface area contributed by atoms with E-state index < -0.39 is 0 Å². The van der Waals surface area contributed by atoms with Gasteiger partial charge >= 0.3 is 0 Å². The normalized spacial score (nSPS) is 13.9. The fourth-order valence-corrected chi connectivity index (χ4v) is 4.15. The predicted molar refractivity (Wildman–Crippen MR) is 135 cm³/mol. The van der Waals surface area contributed by atoms with Gasteiger partial charge in [-0.15, -0.1) is 0 Å². The Morgan fingerprint density at radius 2 is 2.00 bits per heavy atom. The summed E-state index contributed by atoms with van der Waals surface area (Å²) < 4.78 is 6.28. The largest absolute Gasteiger partial charge is 0.455 e. The molecule has 3 heterocycles. The standard InChI is InChI=1S/C23H27N9O2S/c1-31-7-9-32(10-8-31)17-14-28-21(35-23-27-6-5-19(30-23)29-20(33)13-24)12-18(17)34-16-4-2-3-15(11-16)22(25)26/h2-6,11-12,14H,7-10,13,24H2,1H3,(H3,25,26)(H,27,29,30,33). The average Bonchev–Trinajstić information content (AvgIpc) is 2.85. The minimum Gasteiger partial charge on any atom is -0.455 e. The number of nitrogens with one attached hydrogen (secondary N) is 2. The fraction of sp³-hybridized carbons (Fsp3) is 0.261. The molecule has 1 saturated heterocycles. The van der Waals surface area contributed by atoms with Crippen LogP contribution >= 0.6 is 11.8 Å². The van der Waals surface area contributed by atoms with Crippen molar-refractivity contribution < 1.29 is 9.53 Å². The highest BCUT2D eigenvalue weighted by Gasteiger charge is 2.20. The molecule has 1 fully saturated rings. The van der Waals surface area contributed by atoms with Crippen LogP contribution in [0, 0.1) is 5.41 Å². The van der Waals surface area contributed by atoms with E-state index in [1.54, 1.807) is 36.7 Å². The van der Waals surface area contributed by atoms with Gasteiger partial charge in [0.15, 0.2) is 10.9 Å². The van der Waals surface area contributed by atoms with Crippen LogP contribution in [0.2, 0.25) is 0 Å². The number of aromatic nitrogens is 3. The lowest BCUT2D eigenvalue weighted by molar-refractivity contribution is -0.114. The highest BCUT2D eigenvalue weighted by Crippen LogP contribution is 2.36. The molecule has 2 aromatic heterocycles. The van der Waals surface area contributed by atoms with Gasteiger partial charge in [0.05, 0.1) is 18.4 Å². The molecule has 0 unspecified atom stereocenters. The van der Waals surface area contributed by atoms with Gasteiger partial charge in [-0.3, -0.25) is 10.2 Å². The summed E-state index contributed by atoms with van der Waals surface area (Å²) in [4.78, 5) is 29.3. The summed E-state index contributed by atoms with van der Waals surface area (Å²) in [5.74, 6) is 1.19. The molecule has 1 aromatic carbocycles. The number of ether oxygens (including phenoxy) is 1. The number of carbonyl (C=O) groups excluding carboxylic acids is 1. The van der Waals surface area contributed by atoms with E-state index >= 15 is 0 Å². The van der Waals surface area contributed by atoms with Crippen LogP contribution in [0.1, 0.15) is 5.56 Å². The molecule has 35 heavy (non-hydrogen) atoms. The number of amidine groups is 1. The van der Waals surface area contributed by atoms with Gasteiger partial charge < -0.3 is 31.3 Å². The number of benzene rings is 1. The van der Waals surface area contributed by atoms with Crippen LogP contribution in [0.5, 0.6) is 11.5 Å². The maximum Gasteiger partial charge on any atom is 0.239 e. The minimum atomic E-state index is -0.335. The Balaban J connectivity index is 1.62. The second kappa shape index (κ2) is 11.1. The highest BCUT2D eigenvalue weighted by molar-refractivity contribution is 7.99. The van der Waals surface area contributed by atoms with E-state index in [9.17, 15) is 4.79 Å². The van der Waals surface area contributed by atoms with E-state index in [2.05, 4.69) is 37.1 Å². The molecule has 3 aromatic rings. The van der Waals surface area contributed by atoms with Crippen molar-refractivity contribution in [1.29, 1.82) is 5.41 Å². The lowest BCUT2D eigenvalue weighted by Gasteiger charge is -2.34. The van der Waals surface area contributed by atoms with Crippen molar-refractivity contribution in [2.45, 2.75) is 10.2 Å². The van der Waals surface area contributed by atoms with Crippen LogP contribution in [0.15, 0.2) is 59.0 Å². The zero-order valence-corrected chi connectivity index (χ0v) is 20.1.